The van der Waals surface area contributed by atoms with Crippen molar-refractivity contribution in [2.45, 2.75) is 32.2 Å². The monoisotopic (exact) mass is 328 g/mol. The summed E-state index contributed by atoms with van der Waals surface area (Å²) in [6, 6.07) is 5.15. The molecule has 4 heteroatoms. The molecule has 1 saturated heterocycles. The van der Waals surface area contributed by atoms with E-state index in [4.69, 9.17) is 0 Å². The van der Waals surface area contributed by atoms with Crippen LogP contribution in [-0.4, -0.2) is 31.1 Å². The topological polar surface area (TPSA) is 15.3 Å². The predicted molar refractivity (Wildman–Crippen MR) is 80.8 cm³/mol. The standard InChI is InChI=1S/C15H22BrFN2/c1-12(14-11-13(16)5-6-15(14)17)18-7-10-19-8-3-2-4-9-19/h5-6,11-12,18H,2-4,7-10H2,1H3. The largest absolute Gasteiger partial charge is 0.309 e. The lowest BCUT2D eigenvalue weighted by atomic mass is 10.1. The first-order chi connectivity index (χ1) is 9.16. The van der Waals surface area contributed by atoms with E-state index in [9.17, 15) is 4.39 Å². The molecule has 1 unspecified atom stereocenters. The van der Waals surface area contributed by atoms with E-state index in [-0.39, 0.29) is 11.9 Å². The van der Waals surface area contributed by atoms with Crippen LogP contribution in [0.1, 0.15) is 37.8 Å². The summed E-state index contributed by atoms with van der Waals surface area (Å²) in [6.45, 7) is 6.40. The van der Waals surface area contributed by atoms with Crippen LogP contribution < -0.4 is 5.32 Å². The fourth-order valence-corrected chi connectivity index (χ4v) is 2.96. The molecule has 0 radical (unpaired) electrons. The van der Waals surface area contributed by atoms with E-state index in [2.05, 4.69) is 26.1 Å². The highest BCUT2D eigenvalue weighted by Gasteiger charge is 2.13. The van der Waals surface area contributed by atoms with Crippen LogP contribution in [0.2, 0.25) is 0 Å². The smallest absolute Gasteiger partial charge is 0.128 e. The Labute approximate surface area is 123 Å². The maximum Gasteiger partial charge on any atom is 0.128 e. The van der Waals surface area contributed by atoms with Gasteiger partial charge in [-0.1, -0.05) is 22.4 Å². The SMILES string of the molecule is CC(NCCN1CCCCC1)c1cc(Br)ccc1F. The van der Waals surface area contributed by atoms with Crippen LogP contribution in [0.25, 0.3) is 0 Å². The van der Waals surface area contributed by atoms with Gasteiger partial charge in [0.05, 0.1) is 0 Å². The van der Waals surface area contributed by atoms with Gasteiger partial charge >= 0.3 is 0 Å². The van der Waals surface area contributed by atoms with E-state index >= 15 is 0 Å². The summed E-state index contributed by atoms with van der Waals surface area (Å²) >= 11 is 3.39. The van der Waals surface area contributed by atoms with Crippen LogP contribution >= 0.6 is 15.9 Å². The first-order valence-electron chi connectivity index (χ1n) is 7.07. The minimum Gasteiger partial charge on any atom is -0.309 e. The Balaban J connectivity index is 1.80. The highest BCUT2D eigenvalue weighted by molar-refractivity contribution is 9.10. The molecule has 0 aliphatic carbocycles. The van der Waals surface area contributed by atoms with Gasteiger partial charge in [-0.2, -0.15) is 0 Å². The zero-order valence-corrected chi connectivity index (χ0v) is 13.0. The molecule has 1 fully saturated rings. The van der Waals surface area contributed by atoms with Gasteiger partial charge in [-0.25, -0.2) is 4.39 Å². The van der Waals surface area contributed by atoms with Crippen LogP contribution in [0.15, 0.2) is 22.7 Å². The zero-order chi connectivity index (χ0) is 13.7. The van der Waals surface area contributed by atoms with Crippen molar-refractivity contribution in [2.75, 3.05) is 26.2 Å². The number of nitrogens with one attached hydrogen (secondary N) is 1. The highest BCUT2D eigenvalue weighted by atomic mass is 79.9. The van der Waals surface area contributed by atoms with Gasteiger partial charge in [0.2, 0.25) is 0 Å². The van der Waals surface area contributed by atoms with Crippen LogP contribution in [0.4, 0.5) is 4.39 Å². The Hall–Kier alpha value is -0.450. The van der Waals surface area contributed by atoms with Gasteiger partial charge in [-0.15, -0.1) is 0 Å². The molecule has 1 aromatic rings. The van der Waals surface area contributed by atoms with Gasteiger partial charge in [0, 0.05) is 29.2 Å². The summed E-state index contributed by atoms with van der Waals surface area (Å²) in [5, 5.41) is 3.41. The van der Waals surface area contributed by atoms with E-state index in [1.54, 1.807) is 6.07 Å². The number of halogens is 2. The normalized spacial score (nSPS) is 18.5. The average molecular weight is 329 g/mol. The second-order valence-electron chi connectivity index (χ2n) is 5.24. The second kappa shape index (κ2) is 7.36. The van der Waals surface area contributed by atoms with E-state index in [1.165, 1.54) is 38.4 Å². The van der Waals surface area contributed by atoms with E-state index in [1.807, 2.05) is 13.0 Å². The van der Waals surface area contributed by atoms with E-state index in [0.29, 0.717) is 0 Å². The highest BCUT2D eigenvalue weighted by Crippen LogP contribution is 2.21. The molecule has 1 aliphatic heterocycles. The summed E-state index contributed by atoms with van der Waals surface area (Å²) in [5.41, 5.74) is 0.730. The lowest BCUT2D eigenvalue weighted by molar-refractivity contribution is 0.226. The maximum absolute atomic E-state index is 13.7. The minimum absolute atomic E-state index is 0.0438. The molecular formula is C15H22BrFN2. The van der Waals surface area contributed by atoms with Crippen molar-refractivity contribution in [3.63, 3.8) is 0 Å². The van der Waals surface area contributed by atoms with Crippen molar-refractivity contribution in [1.82, 2.24) is 10.2 Å². The minimum atomic E-state index is -0.138. The first kappa shape index (κ1) is 14.9. The van der Waals surface area contributed by atoms with Gasteiger partial charge in [-0.05, 0) is 51.1 Å². The number of hydrogen-bond acceptors (Lipinski definition) is 2. The van der Waals surface area contributed by atoms with Gasteiger partial charge in [0.15, 0.2) is 0 Å². The number of piperidine rings is 1. The van der Waals surface area contributed by atoms with E-state index in [0.717, 1.165) is 23.1 Å². The van der Waals surface area contributed by atoms with Crippen LogP contribution in [0.3, 0.4) is 0 Å². The maximum atomic E-state index is 13.7. The third-order valence-electron chi connectivity index (χ3n) is 3.75. The lowest BCUT2D eigenvalue weighted by Crippen LogP contribution is -2.36. The van der Waals surface area contributed by atoms with Gasteiger partial charge in [0.25, 0.3) is 0 Å². The zero-order valence-electron chi connectivity index (χ0n) is 11.5. The number of nitrogens with zero attached hydrogens (tertiary/aromatic N) is 1. The lowest BCUT2D eigenvalue weighted by Gasteiger charge is -2.27. The Kier molecular flexibility index (Phi) is 5.79. The van der Waals surface area contributed by atoms with Crippen molar-refractivity contribution < 1.29 is 4.39 Å². The molecule has 19 heavy (non-hydrogen) atoms. The summed E-state index contributed by atoms with van der Waals surface area (Å²) in [6.07, 6.45) is 4.00. The van der Waals surface area contributed by atoms with Gasteiger partial charge in [-0.3, -0.25) is 0 Å². The quantitative estimate of drug-likeness (QED) is 0.886. The molecule has 1 aliphatic rings. The van der Waals surface area contributed by atoms with Crippen LogP contribution in [-0.2, 0) is 0 Å². The number of benzene rings is 1. The summed E-state index contributed by atoms with van der Waals surface area (Å²) in [5.74, 6) is -0.138. The molecule has 0 spiro atoms. The van der Waals surface area contributed by atoms with Gasteiger partial charge < -0.3 is 10.2 Å². The molecule has 0 aromatic heterocycles. The molecule has 1 N–H and O–H groups in total. The average Bonchev–Trinajstić information content (AvgIpc) is 2.42. The molecule has 0 saturated carbocycles. The molecule has 0 bridgehead atoms. The third kappa shape index (κ3) is 4.55. The molecule has 106 valence electrons. The first-order valence-corrected chi connectivity index (χ1v) is 7.87. The molecule has 2 nitrogen and oxygen atoms in total. The van der Waals surface area contributed by atoms with E-state index < -0.39 is 0 Å². The Morgan fingerprint density at radius 2 is 2.05 bits per heavy atom. The third-order valence-corrected chi connectivity index (χ3v) is 4.25. The van der Waals surface area contributed by atoms with Crippen LogP contribution in [0, 0.1) is 5.82 Å². The fourth-order valence-electron chi connectivity index (χ4n) is 2.58. The Bertz CT molecular complexity index is 405. The Morgan fingerprint density at radius 1 is 1.32 bits per heavy atom. The molecule has 1 heterocycles. The molecule has 1 aromatic carbocycles. The summed E-state index contributed by atoms with van der Waals surface area (Å²) in [4.78, 5) is 2.49. The predicted octanol–water partition coefficient (Wildman–Crippen LogP) is 3.72. The number of likely N-dealkylation sites (tertiary alicyclic amines) is 1. The number of rotatable bonds is 5. The van der Waals surface area contributed by atoms with Crippen molar-refractivity contribution in [1.29, 1.82) is 0 Å². The summed E-state index contributed by atoms with van der Waals surface area (Å²) in [7, 11) is 0. The molecule has 1 atom stereocenters. The summed E-state index contributed by atoms with van der Waals surface area (Å²) < 4.78 is 14.7. The fraction of sp³-hybridized carbons (Fsp3) is 0.600. The number of hydrogen-bond donors (Lipinski definition) is 1. The molecular weight excluding hydrogens is 307 g/mol. The van der Waals surface area contributed by atoms with Crippen LogP contribution in [0.5, 0.6) is 0 Å². The molecule has 2 rings (SSSR count). The van der Waals surface area contributed by atoms with Crippen molar-refractivity contribution in [3.05, 3.63) is 34.1 Å². The van der Waals surface area contributed by atoms with Crippen molar-refractivity contribution >= 4 is 15.9 Å². The van der Waals surface area contributed by atoms with Crippen molar-refractivity contribution in [2.24, 2.45) is 0 Å². The Morgan fingerprint density at radius 3 is 2.79 bits per heavy atom. The van der Waals surface area contributed by atoms with Crippen molar-refractivity contribution in [3.8, 4) is 0 Å². The van der Waals surface area contributed by atoms with Gasteiger partial charge in [0.1, 0.15) is 5.82 Å². The molecule has 0 amide bonds. The second-order valence-corrected chi connectivity index (χ2v) is 6.16.